The molecule has 4 aromatic rings. The third-order valence-corrected chi connectivity index (χ3v) is 5.19. The van der Waals surface area contributed by atoms with Crippen LogP contribution in [0.4, 0.5) is 0 Å². The van der Waals surface area contributed by atoms with E-state index in [1.54, 1.807) is 0 Å². The summed E-state index contributed by atoms with van der Waals surface area (Å²) in [4.78, 5) is 4.43. The molecular formula is C21H18N4OS. The molecule has 0 saturated carbocycles. The molecule has 0 saturated heterocycles. The van der Waals surface area contributed by atoms with E-state index in [1.807, 2.05) is 42.5 Å². The van der Waals surface area contributed by atoms with Crippen molar-refractivity contribution in [1.82, 2.24) is 20.3 Å². The van der Waals surface area contributed by atoms with Gasteiger partial charge in [-0.3, -0.25) is 0 Å². The summed E-state index contributed by atoms with van der Waals surface area (Å²) in [5.41, 5.74) is 5.40. The second-order valence-electron chi connectivity index (χ2n) is 6.22. The van der Waals surface area contributed by atoms with Crippen LogP contribution in [0, 0.1) is 13.8 Å². The Balaban J connectivity index is 1.42. The van der Waals surface area contributed by atoms with Gasteiger partial charge in [-0.05, 0) is 43.2 Å². The van der Waals surface area contributed by atoms with Gasteiger partial charge in [0.2, 0.25) is 11.7 Å². The zero-order chi connectivity index (χ0) is 18.6. The Kier molecular flexibility index (Phi) is 4.98. The Morgan fingerprint density at radius 2 is 1.70 bits per heavy atom. The molecule has 0 aliphatic heterocycles. The molecule has 2 aromatic heterocycles. The van der Waals surface area contributed by atoms with Crippen LogP contribution in [0.25, 0.3) is 22.6 Å². The highest BCUT2D eigenvalue weighted by molar-refractivity contribution is 7.98. The number of nitrogens with zero attached hydrogens (tertiary/aromatic N) is 4. The van der Waals surface area contributed by atoms with Crippen molar-refractivity contribution in [1.29, 1.82) is 0 Å². The molecule has 2 aromatic carbocycles. The molecule has 6 heteroatoms. The number of aryl methyl sites for hydroxylation is 2. The summed E-state index contributed by atoms with van der Waals surface area (Å²) in [5.74, 6) is 1.72. The molecule has 4 rings (SSSR count). The standard InChI is InChI=1S/C21H18N4OS/c1-14-8-9-17(12-15(14)2)18-10-11-20(24-23-18)27-13-19-22-21(25-26-19)16-6-4-3-5-7-16/h3-12H,13H2,1-2H3. The minimum absolute atomic E-state index is 0.553. The van der Waals surface area contributed by atoms with E-state index >= 15 is 0 Å². The number of aromatic nitrogens is 4. The molecule has 0 spiro atoms. The number of thioether (sulfide) groups is 1. The molecule has 0 aliphatic carbocycles. The Bertz CT molecular complexity index is 1050. The van der Waals surface area contributed by atoms with E-state index in [9.17, 15) is 0 Å². The van der Waals surface area contributed by atoms with Gasteiger partial charge in [-0.15, -0.1) is 10.2 Å². The first-order valence-corrected chi connectivity index (χ1v) is 9.60. The lowest BCUT2D eigenvalue weighted by Crippen LogP contribution is -1.91. The number of hydrogen-bond donors (Lipinski definition) is 0. The molecule has 0 radical (unpaired) electrons. The van der Waals surface area contributed by atoms with Crippen molar-refractivity contribution in [2.75, 3.05) is 0 Å². The zero-order valence-corrected chi connectivity index (χ0v) is 15.9. The molecule has 5 nitrogen and oxygen atoms in total. The van der Waals surface area contributed by atoms with Crippen LogP contribution in [0.1, 0.15) is 17.0 Å². The highest BCUT2D eigenvalue weighted by Crippen LogP contribution is 2.24. The maximum atomic E-state index is 5.33. The van der Waals surface area contributed by atoms with Crippen LogP contribution in [-0.2, 0) is 5.75 Å². The molecule has 0 N–H and O–H groups in total. The minimum Gasteiger partial charge on any atom is -0.338 e. The van der Waals surface area contributed by atoms with E-state index in [1.165, 1.54) is 22.9 Å². The van der Waals surface area contributed by atoms with Crippen molar-refractivity contribution in [3.63, 3.8) is 0 Å². The van der Waals surface area contributed by atoms with E-state index in [0.29, 0.717) is 17.5 Å². The first-order valence-electron chi connectivity index (χ1n) is 8.61. The number of rotatable bonds is 5. The smallest absolute Gasteiger partial charge is 0.237 e. The zero-order valence-electron chi connectivity index (χ0n) is 15.1. The Labute approximate surface area is 161 Å². The second-order valence-corrected chi connectivity index (χ2v) is 7.22. The maximum absolute atomic E-state index is 5.33. The lowest BCUT2D eigenvalue weighted by Gasteiger charge is -2.05. The average Bonchev–Trinajstić information content (AvgIpc) is 3.19. The molecular weight excluding hydrogens is 356 g/mol. The fraction of sp³-hybridized carbons (Fsp3) is 0.143. The monoisotopic (exact) mass is 374 g/mol. The Hall–Kier alpha value is -2.99. The van der Waals surface area contributed by atoms with Crippen LogP contribution < -0.4 is 0 Å². The summed E-state index contributed by atoms with van der Waals surface area (Å²) in [5, 5.41) is 13.5. The fourth-order valence-electron chi connectivity index (χ4n) is 2.61. The molecule has 134 valence electrons. The first kappa shape index (κ1) is 17.4. The quantitative estimate of drug-likeness (QED) is 0.453. The van der Waals surface area contributed by atoms with Crippen molar-refractivity contribution < 1.29 is 4.52 Å². The van der Waals surface area contributed by atoms with Gasteiger partial charge < -0.3 is 4.52 Å². The average molecular weight is 374 g/mol. The highest BCUT2D eigenvalue weighted by Gasteiger charge is 2.10. The lowest BCUT2D eigenvalue weighted by molar-refractivity contribution is 0.391. The van der Waals surface area contributed by atoms with Crippen LogP contribution in [0.3, 0.4) is 0 Å². The normalized spacial score (nSPS) is 10.9. The predicted octanol–water partition coefficient (Wildman–Crippen LogP) is 5.10. The maximum Gasteiger partial charge on any atom is 0.237 e. The lowest BCUT2D eigenvalue weighted by atomic mass is 10.0. The van der Waals surface area contributed by atoms with Crippen molar-refractivity contribution in [2.24, 2.45) is 0 Å². The third kappa shape index (κ3) is 4.06. The summed E-state index contributed by atoms with van der Waals surface area (Å²) in [6, 6.07) is 20.0. The SMILES string of the molecule is Cc1ccc(-c2ccc(SCc3nc(-c4ccccc4)no3)nn2)cc1C. The highest BCUT2D eigenvalue weighted by atomic mass is 32.2. The van der Waals surface area contributed by atoms with E-state index in [4.69, 9.17) is 4.52 Å². The number of hydrogen-bond acceptors (Lipinski definition) is 6. The van der Waals surface area contributed by atoms with Crippen molar-refractivity contribution in [3.05, 3.63) is 77.7 Å². The summed E-state index contributed by atoms with van der Waals surface area (Å²) in [7, 11) is 0. The molecule has 0 unspecified atom stereocenters. The Morgan fingerprint density at radius 1 is 0.852 bits per heavy atom. The summed E-state index contributed by atoms with van der Waals surface area (Å²) >= 11 is 1.52. The fourth-order valence-corrected chi connectivity index (χ4v) is 3.26. The van der Waals surface area contributed by atoms with Gasteiger partial charge in [0.1, 0.15) is 5.03 Å². The van der Waals surface area contributed by atoms with E-state index in [0.717, 1.165) is 21.8 Å². The molecule has 0 bridgehead atoms. The van der Waals surface area contributed by atoms with Crippen LogP contribution in [0.5, 0.6) is 0 Å². The van der Waals surface area contributed by atoms with Crippen molar-refractivity contribution in [2.45, 2.75) is 24.6 Å². The van der Waals surface area contributed by atoms with Gasteiger partial charge in [-0.1, -0.05) is 59.4 Å². The topological polar surface area (TPSA) is 64.7 Å². The van der Waals surface area contributed by atoms with Gasteiger partial charge >= 0.3 is 0 Å². The summed E-state index contributed by atoms with van der Waals surface area (Å²) < 4.78 is 5.33. The predicted molar refractivity (Wildman–Crippen MR) is 106 cm³/mol. The largest absolute Gasteiger partial charge is 0.338 e. The Morgan fingerprint density at radius 3 is 2.44 bits per heavy atom. The molecule has 0 atom stereocenters. The van der Waals surface area contributed by atoms with E-state index in [-0.39, 0.29) is 0 Å². The molecule has 0 amide bonds. The van der Waals surface area contributed by atoms with Crippen molar-refractivity contribution in [3.8, 4) is 22.6 Å². The first-order chi connectivity index (χ1) is 13.2. The van der Waals surface area contributed by atoms with Gasteiger partial charge in [0, 0.05) is 11.1 Å². The van der Waals surface area contributed by atoms with Gasteiger partial charge in [-0.25, -0.2) is 0 Å². The van der Waals surface area contributed by atoms with Crippen LogP contribution in [0.2, 0.25) is 0 Å². The van der Waals surface area contributed by atoms with Gasteiger partial charge in [0.25, 0.3) is 0 Å². The number of benzene rings is 2. The second kappa shape index (κ2) is 7.72. The van der Waals surface area contributed by atoms with Crippen molar-refractivity contribution >= 4 is 11.8 Å². The van der Waals surface area contributed by atoms with Gasteiger partial charge in [-0.2, -0.15) is 4.98 Å². The molecule has 27 heavy (non-hydrogen) atoms. The van der Waals surface area contributed by atoms with E-state index < -0.39 is 0 Å². The minimum atomic E-state index is 0.553. The van der Waals surface area contributed by atoms with Crippen LogP contribution >= 0.6 is 11.8 Å². The molecule has 2 heterocycles. The molecule has 0 aliphatic rings. The van der Waals surface area contributed by atoms with Crippen LogP contribution in [0.15, 0.2) is 70.2 Å². The van der Waals surface area contributed by atoms with Gasteiger partial charge in [0.15, 0.2) is 0 Å². The van der Waals surface area contributed by atoms with Crippen LogP contribution in [-0.4, -0.2) is 20.3 Å². The third-order valence-electron chi connectivity index (χ3n) is 4.29. The van der Waals surface area contributed by atoms with E-state index in [2.05, 4.69) is 52.4 Å². The summed E-state index contributed by atoms with van der Waals surface area (Å²) in [6.45, 7) is 4.20. The summed E-state index contributed by atoms with van der Waals surface area (Å²) in [6.07, 6.45) is 0. The molecule has 0 fully saturated rings. The van der Waals surface area contributed by atoms with Gasteiger partial charge in [0.05, 0.1) is 11.4 Å².